The second-order valence-corrected chi connectivity index (χ2v) is 16.7. The maximum absolute atomic E-state index is 14.7. The number of anilines is 1. The Morgan fingerprint density at radius 3 is 2.63 bits per heavy atom. The summed E-state index contributed by atoms with van der Waals surface area (Å²) in [7, 11) is -1.91. The molecule has 1 saturated heterocycles. The summed E-state index contributed by atoms with van der Waals surface area (Å²) in [5, 5.41) is 7.81. The van der Waals surface area contributed by atoms with Gasteiger partial charge in [0.1, 0.15) is 29.0 Å². The number of benzene rings is 1. The minimum atomic E-state index is -1.91. The van der Waals surface area contributed by atoms with Crippen molar-refractivity contribution in [1.29, 1.82) is 0 Å². The van der Waals surface area contributed by atoms with Crippen molar-refractivity contribution in [1.82, 2.24) is 29.6 Å². The Labute approximate surface area is 244 Å². The van der Waals surface area contributed by atoms with Gasteiger partial charge in [-0.05, 0) is 42.4 Å². The van der Waals surface area contributed by atoms with Gasteiger partial charge in [-0.3, -0.25) is 9.69 Å². The number of carbonyl (C=O) groups excluding carboxylic acids is 1. The number of rotatable bonds is 9. The summed E-state index contributed by atoms with van der Waals surface area (Å²) in [6, 6.07) is 9.63. The van der Waals surface area contributed by atoms with Crippen molar-refractivity contribution in [3.8, 4) is 11.6 Å². The van der Waals surface area contributed by atoms with Gasteiger partial charge in [-0.15, -0.1) is 0 Å². The minimum Gasteiger partial charge on any atom is -0.462 e. The summed E-state index contributed by atoms with van der Waals surface area (Å²) < 4.78 is 28.7. The highest BCUT2D eigenvalue weighted by Gasteiger charge is 2.42. The van der Waals surface area contributed by atoms with Gasteiger partial charge in [-0.2, -0.15) is 5.10 Å². The van der Waals surface area contributed by atoms with Crippen LogP contribution in [0.5, 0.6) is 5.88 Å². The molecule has 13 heteroatoms. The molecule has 1 fully saturated rings. The molecule has 1 aliphatic heterocycles. The molecule has 1 N–H and O–H groups in total. The number of halogens is 2. The van der Waals surface area contributed by atoms with Crippen molar-refractivity contribution in [2.75, 3.05) is 25.0 Å². The van der Waals surface area contributed by atoms with E-state index in [2.05, 4.69) is 64.1 Å². The summed E-state index contributed by atoms with van der Waals surface area (Å²) in [4.78, 5) is 28.3. The highest BCUT2D eigenvalue weighted by Crippen LogP contribution is 2.38. The molecule has 41 heavy (non-hydrogen) atoms. The van der Waals surface area contributed by atoms with Crippen LogP contribution in [0.1, 0.15) is 20.8 Å². The van der Waals surface area contributed by atoms with Crippen LogP contribution in [-0.4, -0.2) is 75.7 Å². The highest BCUT2D eigenvalue weighted by molar-refractivity contribution is 6.74. The van der Waals surface area contributed by atoms with Crippen LogP contribution in [-0.2, 0) is 9.22 Å². The number of hydrogen-bond acceptors (Lipinski definition) is 8. The fourth-order valence-corrected chi connectivity index (χ4v) is 5.88. The molecule has 0 aliphatic carbocycles. The second-order valence-electron chi connectivity index (χ2n) is 11.6. The maximum atomic E-state index is 14.7. The Bertz CT molecular complexity index is 1520. The van der Waals surface area contributed by atoms with Gasteiger partial charge in [-0.25, -0.2) is 24.0 Å². The van der Waals surface area contributed by atoms with Crippen molar-refractivity contribution < 1.29 is 18.3 Å². The summed E-state index contributed by atoms with van der Waals surface area (Å²) in [6.07, 6.45) is 3.51. The van der Waals surface area contributed by atoms with E-state index in [-0.39, 0.29) is 39.3 Å². The van der Waals surface area contributed by atoms with Crippen LogP contribution in [0.25, 0.3) is 16.7 Å². The van der Waals surface area contributed by atoms with E-state index in [1.54, 1.807) is 30.5 Å². The van der Waals surface area contributed by atoms with Gasteiger partial charge in [-0.1, -0.05) is 44.5 Å². The van der Waals surface area contributed by atoms with Crippen molar-refractivity contribution in [3.63, 3.8) is 0 Å². The number of ether oxygens (including phenoxy) is 1. The van der Waals surface area contributed by atoms with E-state index in [1.807, 2.05) is 0 Å². The SMILES string of the molecule is CC(C)(C)[Si](C)(C)OC1CN(C[C@H](Oc2ncnc3c2cnn3-c2c(F)cccc2Cl)C(=O)Nc2ccccn2)C1. The molecular formula is C28H33ClFN7O3Si. The monoisotopic (exact) mass is 597 g/mol. The van der Waals surface area contributed by atoms with Gasteiger partial charge in [0, 0.05) is 25.8 Å². The summed E-state index contributed by atoms with van der Waals surface area (Å²) in [6.45, 7) is 12.8. The summed E-state index contributed by atoms with van der Waals surface area (Å²) >= 11 is 6.27. The van der Waals surface area contributed by atoms with E-state index in [0.29, 0.717) is 30.8 Å². The first kappa shape index (κ1) is 29.1. The number of carbonyl (C=O) groups is 1. The standard InChI is InChI=1S/C28H33ClFN7O3Si/c1-28(2,3)41(4,5)40-18-14-36(15-18)16-22(26(38)35-23-11-6-7-12-31-23)39-27-19-13-34-37(25(19)32-17-33-27)24-20(29)9-8-10-21(24)30/h6-13,17-18,22H,14-16H2,1-5H3,(H,31,35,38)/t22-/m0/s1. The normalized spacial score (nSPS) is 15.5. The Kier molecular flexibility index (Phi) is 8.10. The summed E-state index contributed by atoms with van der Waals surface area (Å²) in [5.41, 5.74) is 0.351. The van der Waals surface area contributed by atoms with E-state index >= 15 is 0 Å². The number of hydrogen-bond donors (Lipinski definition) is 1. The molecule has 0 saturated carbocycles. The molecule has 5 rings (SSSR count). The van der Waals surface area contributed by atoms with Crippen LogP contribution in [0, 0.1) is 5.82 Å². The molecule has 1 atom stereocenters. The van der Waals surface area contributed by atoms with Gasteiger partial charge in [0.15, 0.2) is 20.1 Å². The smallest absolute Gasteiger partial charge is 0.268 e. The fourth-order valence-electron chi connectivity index (χ4n) is 4.30. The zero-order valence-electron chi connectivity index (χ0n) is 23.6. The van der Waals surface area contributed by atoms with Crippen LogP contribution in [0.4, 0.5) is 10.2 Å². The second kappa shape index (κ2) is 11.4. The lowest BCUT2D eigenvalue weighted by Crippen LogP contribution is -2.60. The van der Waals surface area contributed by atoms with Crippen molar-refractivity contribution in [2.24, 2.45) is 0 Å². The molecule has 1 aliphatic rings. The molecule has 1 amide bonds. The molecule has 0 bridgehead atoms. The molecule has 0 radical (unpaired) electrons. The first-order chi connectivity index (χ1) is 19.4. The molecule has 10 nitrogen and oxygen atoms in total. The average Bonchev–Trinajstić information content (AvgIpc) is 3.31. The third-order valence-electron chi connectivity index (χ3n) is 7.56. The van der Waals surface area contributed by atoms with Crippen LogP contribution in [0.15, 0.2) is 55.1 Å². The third-order valence-corrected chi connectivity index (χ3v) is 12.4. The molecule has 1 aromatic carbocycles. The number of amides is 1. The number of pyridine rings is 1. The highest BCUT2D eigenvalue weighted by atomic mass is 35.5. The Balaban J connectivity index is 1.37. The predicted molar refractivity (Wildman–Crippen MR) is 157 cm³/mol. The van der Waals surface area contributed by atoms with Gasteiger partial charge in [0.2, 0.25) is 5.88 Å². The molecule has 4 aromatic rings. The predicted octanol–water partition coefficient (Wildman–Crippen LogP) is 5.10. The van der Waals surface area contributed by atoms with Crippen molar-refractivity contribution >= 4 is 42.7 Å². The van der Waals surface area contributed by atoms with Gasteiger partial charge in [0.05, 0.1) is 17.3 Å². The van der Waals surface area contributed by atoms with Gasteiger partial charge in [0.25, 0.3) is 5.91 Å². The van der Waals surface area contributed by atoms with E-state index in [4.69, 9.17) is 20.8 Å². The molecule has 3 aromatic heterocycles. The zero-order chi connectivity index (χ0) is 29.4. The maximum Gasteiger partial charge on any atom is 0.268 e. The summed E-state index contributed by atoms with van der Waals surface area (Å²) in [5.74, 6) is -0.384. The first-order valence-corrected chi connectivity index (χ1v) is 16.6. The lowest BCUT2D eigenvalue weighted by molar-refractivity contribution is -0.125. The third kappa shape index (κ3) is 6.25. The molecule has 4 heterocycles. The number of fused-ring (bicyclic) bond motifs is 1. The Hall–Kier alpha value is -3.45. The largest absolute Gasteiger partial charge is 0.462 e. The number of nitrogens with one attached hydrogen (secondary N) is 1. The van der Waals surface area contributed by atoms with Gasteiger partial charge >= 0.3 is 0 Å². The lowest BCUT2D eigenvalue weighted by Gasteiger charge is -2.46. The van der Waals surface area contributed by atoms with Crippen LogP contribution < -0.4 is 10.1 Å². The number of nitrogens with zero attached hydrogens (tertiary/aromatic N) is 6. The Morgan fingerprint density at radius 1 is 1.17 bits per heavy atom. The minimum absolute atomic E-state index is 0.0617. The average molecular weight is 598 g/mol. The number of likely N-dealkylation sites (tertiary alicyclic amines) is 1. The quantitative estimate of drug-likeness (QED) is 0.266. The molecule has 0 spiro atoms. The first-order valence-electron chi connectivity index (χ1n) is 13.3. The van der Waals surface area contributed by atoms with E-state index in [0.717, 1.165) is 0 Å². The van der Waals surface area contributed by atoms with Gasteiger partial charge < -0.3 is 14.5 Å². The topological polar surface area (TPSA) is 107 Å². The Morgan fingerprint density at radius 2 is 1.95 bits per heavy atom. The van der Waals surface area contributed by atoms with Crippen molar-refractivity contribution in [2.45, 2.75) is 51.1 Å². The molecule has 216 valence electrons. The van der Waals surface area contributed by atoms with E-state index < -0.39 is 20.2 Å². The van der Waals surface area contributed by atoms with Crippen LogP contribution >= 0.6 is 11.6 Å². The molecular weight excluding hydrogens is 565 g/mol. The van der Waals surface area contributed by atoms with Crippen LogP contribution in [0.2, 0.25) is 23.2 Å². The molecule has 0 unspecified atom stereocenters. The van der Waals surface area contributed by atoms with E-state index in [1.165, 1.54) is 29.3 Å². The van der Waals surface area contributed by atoms with Crippen molar-refractivity contribution in [3.05, 3.63) is 66.0 Å². The zero-order valence-corrected chi connectivity index (χ0v) is 25.4. The van der Waals surface area contributed by atoms with E-state index in [9.17, 15) is 9.18 Å². The van der Waals surface area contributed by atoms with Crippen LogP contribution in [0.3, 0.4) is 0 Å². The number of para-hydroxylation sites is 1. The lowest BCUT2D eigenvalue weighted by atomic mass is 10.1. The fraction of sp³-hybridized carbons (Fsp3) is 0.393. The number of aromatic nitrogens is 5.